The van der Waals surface area contributed by atoms with Gasteiger partial charge in [0, 0.05) is 39.3 Å². The summed E-state index contributed by atoms with van der Waals surface area (Å²) in [5.41, 5.74) is 12.7. The van der Waals surface area contributed by atoms with Gasteiger partial charge in [-0.25, -0.2) is 0 Å². The van der Waals surface area contributed by atoms with E-state index in [2.05, 4.69) is 193 Å². The molecule has 260 valence electrons. The number of anilines is 3. The molecule has 54 heavy (non-hydrogen) atoms. The number of fused-ring (bicyclic) bond motifs is 4. The number of nitrogens with zero attached hydrogens (tertiary/aromatic N) is 1. The van der Waals surface area contributed by atoms with Crippen molar-refractivity contribution in [1.29, 1.82) is 0 Å². The molecule has 0 unspecified atom stereocenters. The smallest absolute Gasteiger partial charge is 0.137 e. The predicted molar refractivity (Wildman–Crippen MR) is 227 cm³/mol. The van der Waals surface area contributed by atoms with E-state index in [9.17, 15) is 0 Å². The molecule has 2 heteroatoms. The van der Waals surface area contributed by atoms with Gasteiger partial charge in [0.2, 0.25) is 0 Å². The first-order valence-electron chi connectivity index (χ1n) is 19.3. The molecule has 2 nitrogen and oxygen atoms in total. The van der Waals surface area contributed by atoms with Gasteiger partial charge in [0.1, 0.15) is 11.2 Å². The standard InChI is InChI=1S/C52H41NO/c1-4-14-39(15-5-1)47-19-12-20-49-51(47)48-32-31-46(36-50(48)54-49)53(44-27-23-38(24-28-44)41-22-21-37-13-8-9-16-40(37)35-41)45-29-25-43(26-30-45)52(33-10-3-11-34-52)42-17-6-2-7-18-42/h1-2,4-9,12-32,35-36H,3,10-11,33-34H2. The van der Waals surface area contributed by atoms with Crippen molar-refractivity contribution in [2.24, 2.45) is 0 Å². The van der Waals surface area contributed by atoms with Crippen molar-refractivity contribution in [2.45, 2.75) is 37.5 Å². The van der Waals surface area contributed by atoms with E-state index in [0.717, 1.165) is 39.0 Å². The lowest BCUT2D eigenvalue weighted by Crippen LogP contribution is -2.30. The van der Waals surface area contributed by atoms with E-state index in [4.69, 9.17) is 4.42 Å². The van der Waals surface area contributed by atoms with Gasteiger partial charge in [0.15, 0.2) is 0 Å². The van der Waals surface area contributed by atoms with E-state index < -0.39 is 0 Å². The molecule has 1 saturated carbocycles. The SMILES string of the molecule is c1ccc(-c2cccc3oc4cc(N(c5ccc(-c6ccc7ccccc7c6)cc5)c5ccc(C6(c7ccccc7)CCCCC6)cc5)ccc4c23)cc1. The summed E-state index contributed by atoms with van der Waals surface area (Å²) in [5.74, 6) is 0. The van der Waals surface area contributed by atoms with Crippen molar-refractivity contribution in [3.63, 3.8) is 0 Å². The van der Waals surface area contributed by atoms with Crippen LogP contribution in [0.25, 0.3) is 55.0 Å². The molecule has 0 spiro atoms. The molecule has 8 aromatic carbocycles. The lowest BCUT2D eigenvalue weighted by molar-refractivity contribution is 0.346. The van der Waals surface area contributed by atoms with Gasteiger partial charge >= 0.3 is 0 Å². The summed E-state index contributed by atoms with van der Waals surface area (Å²) in [7, 11) is 0. The average molecular weight is 696 g/mol. The Morgan fingerprint density at radius 3 is 1.80 bits per heavy atom. The third kappa shape index (κ3) is 5.67. The van der Waals surface area contributed by atoms with Gasteiger partial charge < -0.3 is 9.32 Å². The molecule has 0 saturated heterocycles. The van der Waals surface area contributed by atoms with Crippen LogP contribution in [0.2, 0.25) is 0 Å². The summed E-state index contributed by atoms with van der Waals surface area (Å²) in [6.07, 6.45) is 6.20. The van der Waals surface area contributed by atoms with Gasteiger partial charge in [0.25, 0.3) is 0 Å². The molecule has 0 N–H and O–H groups in total. The first-order valence-corrected chi connectivity index (χ1v) is 19.3. The second-order valence-electron chi connectivity index (χ2n) is 14.8. The first kappa shape index (κ1) is 32.3. The predicted octanol–water partition coefficient (Wildman–Crippen LogP) is 14.8. The maximum Gasteiger partial charge on any atom is 0.137 e. The van der Waals surface area contributed by atoms with Crippen LogP contribution in [-0.2, 0) is 5.41 Å². The van der Waals surface area contributed by atoms with Crippen LogP contribution in [0.1, 0.15) is 43.2 Å². The van der Waals surface area contributed by atoms with E-state index >= 15 is 0 Å². The topological polar surface area (TPSA) is 16.4 Å². The highest BCUT2D eigenvalue weighted by molar-refractivity contribution is 6.13. The van der Waals surface area contributed by atoms with E-state index in [1.807, 2.05) is 0 Å². The minimum atomic E-state index is 0.0496. The van der Waals surface area contributed by atoms with Gasteiger partial charge in [-0.2, -0.15) is 0 Å². The zero-order valence-electron chi connectivity index (χ0n) is 30.3. The Morgan fingerprint density at radius 1 is 0.407 bits per heavy atom. The Labute approximate surface area is 316 Å². The summed E-state index contributed by atoms with van der Waals surface area (Å²) >= 11 is 0. The van der Waals surface area contributed by atoms with Gasteiger partial charge in [-0.05, 0) is 106 Å². The second-order valence-corrected chi connectivity index (χ2v) is 14.8. The Bertz CT molecular complexity index is 2720. The fourth-order valence-electron chi connectivity index (χ4n) is 9.02. The molecule has 9 aromatic rings. The van der Waals surface area contributed by atoms with Crippen LogP contribution in [0.5, 0.6) is 0 Å². The first-order chi connectivity index (χ1) is 26.7. The summed E-state index contributed by atoms with van der Waals surface area (Å²) in [6, 6.07) is 68.5. The van der Waals surface area contributed by atoms with E-state index in [-0.39, 0.29) is 5.41 Å². The van der Waals surface area contributed by atoms with Gasteiger partial charge in [0.05, 0.1) is 0 Å². The molecular formula is C52H41NO. The van der Waals surface area contributed by atoms with Crippen molar-refractivity contribution in [2.75, 3.05) is 4.90 Å². The molecular weight excluding hydrogens is 655 g/mol. The van der Waals surface area contributed by atoms with Crippen LogP contribution in [0.15, 0.2) is 192 Å². The van der Waals surface area contributed by atoms with Crippen LogP contribution in [0, 0.1) is 0 Å². The van der Waals surface area contributed by atoms with E-state index in [0.29, 0.717) is 0 Å². The van der Waals surface area contributed by atoms with Crippen molar-refractivity contribution in [3.05, 3.63) is 199 Å². The molecule has 0 amide bonds. The highest BCUT2D eigenvalue weighted by Crippen LogP contribution is 2.47. The number of furan rings is 1. The number of benzene rings is 8. The van der Waals surface area contributed by atoms with E-state index in [1.54, 1.807) is 0 Å². The maximum atomic E-state index is 6.62. The Hall–Kier alpha value is -6.38. The molecule has 1 aliphatic carbocycles. The molecule has 1 aliphatic rings. The monoisotopic (exact) mass is 695 g/mol. The highest BCUT2D eigenvalue weighted by atomic mass is 16.3. The second kappa shape index (κ2) is 13.5. The summed E-state index contributed by atoms with van der Waals surface area (Å²) < 4.78 is 6.62. The third-order valence-corrected chi connectivity index (χ3v) is 11.7. The number of hydrogen-bond acceptors (Lipinski definition) is 2. The Balaban J connectivity index is 1.09. The summed E-state index contributed by atoms with van der Waals surface area (Å²) in [5, 5.41) is 4.78. The fourth-order valence-corrected chi connectivity index (χ4v) is 9.02. The van der Waals surface area contributed by atoms with Crippen LogP contribution in [-0.4, -0.2) is 0 Å². The normalized spacial score (nSPS) is 14.1. The maximum absolute atomic E-state index is 6.62. The third-order valence-electron chi connectivity index (χ3n) is 11.7. The average Bonchev–Trinajstić information content (AvgIpc) is 3.63. The highest BCUT2D eigenvalue weighted by Gasteiger charge is 2.35. The number of hydrogen-bond donors (Lipinski definition) is 0. The molecule has 0 radical (unpaired) electrons. The molecule has 1 fully saturated rings. The molecule has 1 aromatic heterocycles. The van der Waals surface area contributed by atoms with Crippen LogP contribution >= 0.6 is 0 Å². The van der Waals surface area contributed by atoms with Gasteiger partial charge in [-0.1, -0.05) is 153 Å². The zero-order chi connectivity index (χ0) is 35.9. The lowest BCUT2D eigenvalue weighted by atomic mass is 9.65. The largest absolute Gasteiger partial charge is 0.456 e. The van der Waals surface area contributed by atoms with Gasteiger partial charge in [-0.15, -0.1) is 0 Å². The zero-order valence-corrected chi connectivity index (χ0v) is 30.3. The Morgan fingerprint density at radius 2 is 1.04 bits per heavy atom. The van der Waals surface area contributed by atoms with Crippen molar-refractivity contribution < 1.29 is 4.42 Å². The summed E-state index contributed by atoms with van der Waals surface area (Å²) in [4.78, 5) is 2.37. The molecule has 10 rings (SSSR count). The minimum Gasteiger partial charge on any atom is -0.456 e. The summed E-state index contributed by atoms with van der Waals surface area (Å²) in [6.45, 7) is 0. The molecule has 1 heterocycles. The van der Waals surface area contributed by atoms with E-state index in [1.165, 1.54) is 76.3 Å². The Kier molecular flexibility index (Phi) is 8.10. The van der Waals surface area contributed by atoms with Crippen LogP contribution < -0.4 is 4.90 Å². The molecule has 0 bridgehead atoms. The molecule has 0 aliphatic heterocycles. The van der Waals surface area contributed by atoms with Crippen molar-refractivity contribution in [3.8, 4) is 22.3 Å². The number of rotatable bonds is 7. The quantitative estimate of drug-likeness (QED) is 0.165. The van der Waals surface area contributed by atoms with Crippen molar-refractivity contribution in [1.82, 2.24) is 0 Å². The van der Waals surface area contributed by atoms with Gasteiger partial charge in [-0.3, -0.25) is 0 Å². The lowest BCUT2D eigenvalue weighted by Gasteiger charge is -2.39. The molecule has 0 atom stereocenters. The van der Waals surface area contributed by atoms with Crippen molar-refractivity contribution >= 4 is 49.8 Å². The fraction of sp³-hybridized carbons (Fsp3) is 0.115. The van der Waals surface area contributed by atoms with Crippen LogP contribution in [0.3, 0.4) is 0 Å². The van der Waals surface area contributed by atoms with Crippen LogP contribution in [0.4, 0.5) is 17.1 Å². The minimum absolute atomic E-state index is 0.0496.